The third-order valence-electron chi connectivity index (χ3n) is 3.52. The largest absolute Gasteiger partial charge is 0.368 e. The number of benzene rings is 1. The molecular formula is C16H15N3OS2. The minimum Gasteiger partial charge on any atom is -0.368 e. The molecule has 0 fully saturated rings. The number of nitrogens with zero attached hydrogens (tertiary/aromatic N) is 2. The quantitative estimate of drug-likeness (QED) is 0.586. The summed E-state index contributed by atoms with van der Waals surface area (Å²) in [4.78, 5) is 22.8. The summed E-state index contributed by atoms with van der Waals surface area (Å²) in [5.41, 5.74) is 7.65. The van der Waals surface area contributed by atoms with Gasteiger partial charge in [0, 0.05) is 10.3 Å². The fourth-order valence-electron chi connectivity index (χ4n) is 2.27. The molecule has 0 radical (unpaired) electrons. The van der Waals surface area contributed by atoms with E-state index < -0.39 is 5.25 Å². The molecule has 1 amide bonds. The van der Waals surface area contributed by atoms with Gasteiger partial charge in [-0.05, 0) is 25.0 Å². The van der Waals surface area contributed by atoms with Gasteiger partial charge in [0.1, 0.15) is 21.4 Å². The van der Waals surface area contributed by atoms with E-state index in [4.69, 9.17) is 5.73 Å². The summed E-state index contributed by atoms with van der Waals surface area (Å²) in [5, 5.41) is 1.37. The zero-order chi connectivity index (χ0) is 15.7. The summed E-state index contributed by atoms with van der Waals surface area (Å²) in [7, 11) is 0. The molecule has 6 heteroatoms. The number of amides is 1. The molecular weight excluding hydrogens is 314 g/mol. The Labute approximate surface area is 136 Å². The minimum absolute atomic E-state index is 0.368. The van der Waals surface area contributed by atoms with E-state index in [0.29, 0.717) is 0 Å². The molecule has 22 heavy (non-hydrogen) atoms. The Balaban J connectivity index is 2.06. The summed E-state index contributed by atoms with van der Waals surface area (Å²) in [6.45, 7) is 4.13. The van der Waals surface area contributed by atoms with Gasteiger partial charge in [-0.2, -0.15) is 0 Å². The second kappa shape index (κ2) is 6.06. The van der Waals surface area contributed by atoms with Gasteiger partial charge in [-0.15, -0.1) is 11.3 Å². The highest BCUT2D eigenvalue weighted by atomic mass is 32.2. The average Bonchev–Trinajstić information content (AvgIpc) is 2.81. The van der Waals surface area contributed by atoms with Crippen LogP contribution in [0.15, 0.2) is 41.7 Å². The van der Waals surface area contributed by atoms with Crippen molar-refractivity contribution in [1.29, 1.82) is 0 Å². The Morgan fingerprint density at radius 3 is 2.64 bits per heavy atom. The predicted molar refractivity (Wildman–Crippen MR) is 91.1 cm³/mol. The van der Waals surface area contributed by atoms with E-state index in [9.17, 15) is 4.79 Å². The van der Waals surface area contributed by atoms with Crippen LogP contribution < -0.4 is 5.73 Å². The Morgan fingerprint density at radius 1 is 1.23 bits per heavy atom. The summed E-state index contributed by atoms with van der Waals surface area (Å²) in [6, 6.07) is 9.54. The fraction of sp³-hybridized carbons (Fsp3) is 0.188. The smallest absolute Gasteiger partial charge is 0.235 e. The molecule has 112 valence electrons. The van der Waals surface area contributed by atoms with Crippen molar-refractivity contribution in [2.75, 3.05) is 0 Å². The minimum atomic E-state index is -0.459. The first-order valence-electron chi connectivity index (χ1n) is 6.79. The summed E-state index contributed by atoms with van der Waals surface area (Å²) in [5.74, 6) is -0.368. The van der Waals surface area contributed by atoms with Gasteiger partial charge in [-0.25, -0.2) is 9.97 Å². The molecule has 2 N–H and O–H groups in total. The van der Waals surface area contributed by atoms with E-state index in [-0.39, 0.29) is 5.91 Å². The van der Waals surface area contributed by atoms with Gasteiger partial charge in [-0.3, -0.25) is 4.79 Å². The molecule has 4 nitrogen and oxygen atoms in total. The van der Waals surface area contributed by atoms with E-state index in [1.807, 2.05) is 30.3 Å². The maximum Gasteiger partial charge on any atom is 0.235 e. The van der Waals surface area contributed by atoms with Crippen molar-refractivity contribution < 1.29 is 4.79 Å². The highest BCUT2D eigenvalue weighted by Gasteiger charge is 2.22. The lowest BCUT2D eigenvalue weighted by Gasteiger charge is -2.13. The topological polar surface area (TPSA) is 68.9 Å². The lowest BCUT2D eigenvalue weighted by atomic mass is 10.1. The number of primary amides is 1. The first-order chi connectivity index (χ1) is 10.6. The van der Waals surface area contributed by atoms with Gasteiger partial charge in [0.05, 0.1) is 0 Å². The van der Waals surface area contributed by atoms with Crippen LogP contribution in [0.25, 0.3) is 10.2 Å². The van der Waals surface area contributed by atoms with Crippen LogP contribution in [0.4, 0.5) is 0 Å². The van der Waals surface area contributed by atoms with Crippen LogP contribution in [0.5, 0.6) is 0 Å². The lowest BCUT2D eigenvalue weighted by Crippen LogP contribution is -2.19. The molecule has 0 saturated heterocycles. The number of thioether (sulfide) groups is 1. The van der Waals surface area contributed by atoms with Crippen LogP contribution in [-0.4, -0.2) is 15.9 Å². The molecule has 0 saturated carbocycles. The van der Waals surface area contributed by atoms with E-state index in [0.717, 1.165) is 20.8 Å². The van der Waals surface area contributed by atoms with Crippen LogP contribution in [0, 0.1) is 13.8 Å². The van der Waals surface area contributed by atoms with Crippen molar-refractivity contribution in [2.45, 2.75) is 24.1 Å². The highest BCUT2D eigenvalue weighted by molar-refractivity contribution is 8.00. The van der Waals surface area contributed by atoms with Gasteiger partial charge < -0.3 is 5.73 Å². The number of aryl methyl sites for hydroxylation is 2. The second-order valence-electron chi connectivity index (χ2n) is 4.95. The van der Waals surface area contributed by atoms with Crippen molar-refractivity contribution >= 4 is 39.2 Å². The molecule has 1 unspecified atom stereocenters. The van der Waals surface area contributed by atoms with Crippen molar-refractivity contribution in [3.05, 3.63) is 52.7 Å². The Bertz CT molecular complexity index is 830. The summed E-state index contributed by atoms with van der Waals surface area (Å²) in [6.07, 6.45) is 1.54. The maximum absolute atomic E-state index is 11.9. The van der Waals surface area contributed by atoms with Gasteiger partial charge >= 0.3 is 0 Å². The summed E-state index contributed by atoms with van der Waals surface area (Å²) < 4.78 is 0. The Morgan fingerprint density at radius 2 is 1.95 bits per heavy atom. The normalized spacial score (nSPS) is 12.5. The molecule has 0 bridgehead atoms. The number of carbonyl (C=O) groups excluding carboxylic acids is 1. The van der Waals surface area contributed by atoms with Crippen LogP contribution in [0.2, 0.25) is 0 Å². The number of hydrogen-bond donors (Lipinski definition) is 1. The second-order valence-corrected chi connectivity index (χ2v) is 7.25. The zero-order valence-corrected chi connectivity index (χ0v) is 13.9. The van der Waals surface area contributed by atoms with Crippen molar-refractivity contribution in [1.82, 2.24) is 9.97 Å². The standard InChI is InChI=1S/C16H15N3OS2/c1-9-10(2)21-15-12(9)16(19-8-18-15)22-13(14(17)20)11-6-4-3-5-7-11/h3-8,13H,1-2H3,(H2,17,20). The Kier molecular flexibility index (Phi) is 4.13. The lowest BCUT2D eigenvalue weighted by molar-refractivity contribution is -0.117. The maximum atomic E-state index is 11.9. The SMILES string of the molecule is Cc1sc2ncnc(SC(C(N)=O)c3ccccc3)c2c1C. The highest BCUT2D eigenvalue weighted by Crippen LogP contribution is 2.40. The van der Waals surface area contributed by atoms with Crippen LogP contribution >= 0.6 is 23.1 Å². The molecule has 0 aliphatic heterocycles. The molecule has 0 aliphatic rings. The van der Waals surface area contributed by atoms with Gasteiger partial charge in [0.2, 0.25) is 5.91 Å². The van der Waals surface area contributed by atoms with Crippen LogP contribution in [-0.2, 0) is 4.79 Å². The molecule has 2 heterocycles. The van der Waals surface area contributed by atoms with Crippen molar-refractivity contribution in [2.24, 2.45) is 5.73 Å². The molecule has 0 aliphatic carbocycles. The number of carbonyl (C=O) groups is 1. The van der Waals surface area contributed by atoms with Crippen molar-refractivity contribution in [3.63, 3.8) is 0 Å². The van der Waals surface area contributed by atoms with Crippen LogP contribution in [0.3, 0.4) is 0 Å². The Hall–Kier alpha value is -1.92. The number of thiophene rings is 1. The zero-order valence-electron chi connectivity index (χ0n) is 12.2. The predicted octanol–water partition coefficient (Wildman–Crippen LogP) is 3.63. The van der Waals surface area contributed by atoms with E-state index in [1.54, 1.807) is 17.7 Å². The number of fused-ring (bicyclic) bond motifs is 1. The number of rotatable bonds is 4. The molecule has 1 aromatic carbocycles. The fourth-order valence-corrected chi connectivity index (χ4v) is 4.44. The van der Waals surface area contributed by atoms with E-state index in [1.165, 1.54) is 22.2 Å². The van der Waals surface area contributed by atoms with Crippen molar-refractivity contribution in [3.8, 4) is 0 Å². The third-order valence-corrected chi connectivity index (χ3v) is 5.91. The first-order valence-corrected chi connectivity index (χ1v) is 8.49. The molecule has 0 spiro atoms. The van der Waals surface area contributed by atoms with Gasteiger partial charge in [0.25, 0.3) is 0 Å². The molecule has 1 atom stereocenters. The molecule has 2 aromatic heterocycles. The number of nitrogens with two attached hydrogens (primary N) is 1. The number of aromatic nitrogens is 2. The molecule has 3 rings (SSSR count). The van der Waals surface area contributed by atoms with Crippen LogP contribution in [0.1, 0.15) is 21.3 Å². The number of hydrogen-bond acceptors (Lipinski definition) is 5. The van der Waals surface area contributed by atoms with Gasteiger partial charge in [0.15, 0.2) is 0 Å². The van der Waals surface area contributed by atoms with E-state index in [2.05, 4.69) is 23.8 Å². The first kappa shape index (κ1) is 15.0. The van der Waals surface area contributed by atoms with Gasteiger partial charge in [-0.1, -0.05) is 42.1 Å². The monoisotopic (exact) mass is 329 g/mol. The summed E-state index contributed by atoms with van der Waals surface area (Å²) >= 11 is 3.03. The third kappa shape index (κ3) is 2.71. The van der Waals surface area contributed by atoms with E-state index >= 15 is 0 Å². The average molecular weight is 329 g/mol. The molecule has 3 aromatic rings.